The third kappa shape index (κ3) is 4.94. The fourth-order valence-corrected chi connectivity index (χ4v) is 0.299. The number of nitrogens with zero attached hydrogens (tertiary/aromatic N) is 2. The van der Waals surface area contributed by atoms with Crippen LogP contribution in [-0.4, -0.2) is 12.4 Å². The Kier molecular flexibility index (Phi) is 4.69. The fraction of sp³-hybridized carbons (Fsp3) is 0.429. The van der Waals surface area contributed by atoms with Gasteiger partial charge in [-0.2, -0.15) is 0 Å². The molecule has 0 aliphatic carbocycles. The van der Waals surface area contributed by atoms with Gasteiger partial charge in [0.25, 0.3) is 0 Å². The summed E-state index contributed by atoms with van der Waals surface area (Å²) in [5.74, 6) is 0. The van der Waals surface area contributed by atoms with Gasteiger partial charge in [-0.3, -0.25) is 9.98 Å². The van der Waals surface area contributed by atoms with Gasteiger partial charge < -0.3 is 0 Å². The highest BCUT2D eigenvalue weighted by Gasteiger charge is 1.77. The van der Waals surface area contributed by atoms with E-state index >= 15 is 0 Å². The average Bonchev–Trinajstić information content (AvgIpc) is 1.89. The van der Waals surface area contributed by atoms with Gasteiger partial charge in [0.2, 0.25) is 0 Å². The van der Waals surface area contributed by atoms with E-state index in [2.05, 4.69) is 23.6 Å². The number of hydrogen-bond donors (Lipinski definition) is 0. The molecule has 9 heavy (non-hydrogen) atoms. The molecule has 2 nitrogen and oxygen atoms in total. The number of hydrogen-bond acceptors (Lipinski definition) is 2. The van der Waals surface area contributed by atoms with Crippen LogP contribution in [0.1, 0.15) is 20.3 Å². The van der Waals surface area contributed by atoms with Crippen LogP contribution in [0.3, 0.4) is 0 Å². The van der Waals surface area contributed by atoms with Gasteiger partial charge in [0.15, 0.2) is 0 Å². The maximum atomic E-state index is 4.03. The van der Waals surface area contributed by atoms with E-state index in [1.807, 2.05) is 6.92 Å². The second-order valence-corrected chi connectivity index (χ2v) is 1.70. The largest absolute Gasteiger partial charge is 0.271 e. The van der Waals surface area contributed by atoms with E-state index in [1.54, 1.807) is 12.4 Å². The van der Waals surface area contributed by atoms with Gasteiger partial charge in [-0.1, -0.05) is 6.92 Å². The fourth-order valence-electron chi connectivity index (χ4n) is 0.299. The van der Waals surface area contributed by atoms with E-state index in [0.29, 0.717) is 0 Å². The van der Waals surface area contributed by atoms with Crippen molar-refractivity contribution in [2.75, 3.05) is 0 Å². The molecule has 0 amide bonds. The van der Waals surface area contributed by atoms with Crippen LogP contribution in [0.5, 0.6) is 0 Å². The Bertz CT molecular complexity index is 134. The molecule has 0 bridgehead atoms. The summed E-state index contributed by atoms with van der Waals surface area (Å²) in [5.41, 5.74) is 1.11. The summed E-state index contributed by atoms with van der Waals surface area (Å²) >= 11 is 0. The Morgan fingerprint density at radius 3 is 2.67 bits per heavy atom. The molecule has 0 rings (SSSR count). The quantitative estimate of drug-likeness (QED) is 0.514. The van der Waals surface area contributed by atoms with Crippen LogP contribution < -0.4 is 0 Å². The Morgan fingerprint density at radius 2 is 2.22 bits per heavy atom. The zero-order chi connectivity index (χ0) is 7.11. The molecule has 0 aliphatic heterocycles. The lowest BCUT2D eigenvalue weighted by atomic mass is 10.3. The first-order valence-electron chi connectivity index (χ1n) is 2.95. The predicted octanol–water partition coefficient (Wildman–Crippen LogP) is 2.03. The predicted molar refractivity (Wildman–Crippen MR) is 42.1 cm³/mol. The van der Waals surface area contributed by atoms with Crippen LogP contribution in [0.15, 0.2) is 22.4 Å². The second kappa shape index (κ2) is 5.22. The normalized spacial score (nSPS) is 12.4. The monoisotopic (exact) mass is 124 g/mol. The summed E-state index contributed by atoms with van der Waals surface area (Å²) < 4.78 is 0. The molecule has 0 aromatic heterocycles. The minimum Gasteiger partial charge on any atom is -0.271 e. The van der Waals surface area contributed by atoms with Crippen LogP contribution in [0.25, 0.3) is 0 Å². The Balaban J connectivity index is 3.67. The Labute approximate surface area is 56.0 Å². The third-order valence-corrected chi connectivity index (χ3v) is 0.979. The van der Waals surface area contributed by atoms with Gasteiger partial charge in [-0.15, -0.1) is 0 Å². The molecule has 0 aliphatic rings. The van der Waals surface area contributed by atoms with Gasteiger partial charge in [0.1, 0.15) is 0 Å². The summed E-state index contributed by atoms with van der Waals surface area (Å²) in [6.07, 6.45) is 4.20. The maximum absolute atomic E-state index is 4.03. The lowest BCUT2D eigenvalue weighted by Crippen LogP contribution is -1.83. The van der Waals surface area contributed by atoms with Crippen molar-refractivity contribution in [1.82, 2.24) is 0 Å². The summed E-state index contributed by atoms with van der Waals surface area (Å²) in [5, 5.41) is 0. The van der Waals surface area contributed by atoms with Gasteiger partial charge in [0.05, 0.1) is 0 Å². The zero-order valence-corrected chi connectivity index (χ0v) is 5.96. The van der Waals surface area contributed by atoms with Gasteiger partial charge >= 0.3 is 0 Å². The van der Waals surface area contributed by atoms with Gasteiger partial charge in [0, 0.05) is 18.1 Å². The lowest BCUT2D eigenvalue weighted by molar-refractivity contribution is 1.25. The van der Waals surface area contributed by atoms with Gasteiger partial charge in [-0.25, -0.2) is 0 Å². The van der Waals surface area contributed by atoms with Crippen molar-refractivity contribution in [1.29, 1.82) is 0 Å². The highest BCUT2D eigenvalue weighted by Crippen LogP contribution is 1.84. The molecule has 50 valence electrons. The van der Waals surface area contributed by atoms with Crippen molar-refractivity contribution in [3.05, 3.63) is 12.4 Å². The van der Waals surface area contributed by atoms with Crippen molar-refractivity contribution < 1.29 is 0 Å². The molecule has 0 unspecified atom stereocenters. The molecule has 0 fully saturated rings. The van der Waals surface area contributed by atoms with E-state index in [-0.39, 0.29) is 0 Å². The first-order valence-corrected chi connectivity index (χ1v) is 2.95. The van der Waals surface area contributed by atoms with Crippen molar-refractivity contribution in [3.8, 4) is 0 Å². The van der Waals surface area contributed by atoms with Crippen LogP contribution in [-0.2, 0) is 0 Å². The maximum Gasteiger partial charge on any atom is 0.0449 e. The van der Waals surface area contributed by atoms with Crippen LogP contribution in [0, 0.1) is 0 Å². The molecule has 0 atom stereocenters. The molecule has 0 spiro atoms. The molecule has 0 aromatic carbocycles. The van der Waals surface area contributed by atoms with E-state index in [0.717, 1.165) is 12.1 Å². The first kappa shape index (κ1) is 8.08. The van der Waals surface area contributed by atoms with E-state index in [4.69, 9.17) is 0 Å². The summed E-state index contributed by atoms with van der Waals surface area (Å²) in [6, 6.07) is 0. The van der Waals surface area contributed by atoms with E-state index in [1.165, 1.54) is 0 Å². The van der Waals surface area contributed by atoms with E-state index in [9.17, 15) is 0 Å². The molecule has 0 heterocycles. The Morgan fingerprint density at radius 1 is 1.56 bits per heavy atom. The SMILES string of the molecule is C=N/C=C\N=C(/C)CC. The van der Waals surface area contributed by atoms with Crippen LogP contribution in [0.4, 0.5) is 0 Å². The molecule has 0 aromatic rings. The molecule has 0 saturated carbocycles. The van der Waals surface area contributed by atoms with Crippen molar-refractivity contribution in [2.24, 2.45) is 9.98 Å². The molecular formula is C7H12N2. The highest BCUT2D eigenvalue weighted by molar-refractivity contribution is 5.82. The minimum absolute atomic E-state index is 0.988. The topological polar surface area (TPSA) is 24.7 Å². The van der Waals surface area contributed by atoms with Crippen molar-refractivity contribution in [2.45, 2.75) is 20.3 Å². The Hall–Kier alpha value is -0.920. The lowest BCUT2D eigenvalue weighted by Gasteiger charge is -1.86. The number of rotatable bonds is 3. The summed E-state index contributed by atoms with van der Waals surface area (Å²) in [7, 11) is 0. The molecule has 0 radical (unpaired) electrons. The summed E-state index contributed by atoms with van der Waals surface area (Å²) in [4.78, 5) is 7.54. The highest BCUT2D eigenvalue weighted by atomic mass is 14.7. The average molecular weight is 124 g/mol. The molecular weight excluding hydrogens is 112 g/mol. The van der Waals surface area contributed by atoms with Crippen molar-refractivity contribution in [3.63, 3.8) is 0 Å². The summed E-state index contributed by atoms with van der Waals surface area (Å²) in [6.45, 7) is 7.32. The molecule has 0 saturated heterocycles. The molecule has 0 N–H and O–H groups in total. The standard InChI is InChI=1S/C7H12N2/c1-4-7(2)9-6-5-8-3/h5-6H,3-4H2,1-2H3/b6-5-,9-7+. The molecule has 2 heteroatoms. The first-order chi connectivity index (χ1) is 4.31. The van der Waals surface area contributed by atoms with Crippen LogP contribution in [0.2, 0.25) is 0 Å². The zero-order valence-electron chi connectivity index (χ0n) is 5.96. The van der Waals surface area contributed by atoms with Crippen molar-refractivity contribution >= 4 is 12.4 Å². The number of aliphatic imine (C=N–C) groups is 2. The van der Waals surface area contributed by atoms with Crippen LogP contribution >= 0.6 is 0 Å². The smallest absolute Gasteiger partial charge is 0.0449 e. The second-order valence-electron chi connectivity index (χ2n) is 1.70. The third-order valence-electron chi connectivity index (χ3n) is 0.979. The minimum atomic E-state index is 0.988. The van der Waals surface area contributed by atoms with Gasteiger partial charge in [-0.05, 0) is 20.1 Å². The van der Waals surface area contributed by atoms with E-state index < -0.39 is 0 Å².